The van der Waals surface area contributed by atoms with E-state index in [4.69, 9.17) is 11.6 Å². The SMILES string of the molecule is CC(=O)NC1(Nc2ccccc2)C(=O)N(c2ccccc2)N=C1NC(=O)c1ccccc1Cl.CCNCC. The summed E-state index contributed by atoms with van der Waals surface area (Å²) in [7, 11) is 0. The Labute approximate surface area is 227 Å². The summed E-state index contributed by atoms with van der Waals surface area (Å²) in [4.78, 5) is 39.0. The Balaban J connectivity index is 0.000000732. The topological polar surface area (TPSA) is 115 Å². The molecule has 3 aromatic carbocycles. The van der Waals surface area contributed by atoms with E-state index in [1.54, 1.807) is 78.9 Å². The summed E-state index contributed by atoms with van der Waals surface area (Å²) in [6, 6.07) is 24.0. The van der Waals surface area contributed by atoms with Crippen molar-refractivity contribution in [2.45, 2.75) is 26.4 Å². The first kappa shape index (κ1) is 28.4. The van der Waals surface area contributed by atoms with Crippen LogP contribution < -0.4 is 26.3 Å². The third-order valence-electron chi connectivity index (χ3n) is 5.39. The van der Waals surface area contributed by atoms with Crippen LogP contribution >= 0.6 is 11.6 Å². The Morgan fingerprint density at radius 3 is 2.03 bits per heavy atom. The number of hydrogen-bond donors (Lipinski definition) is 4. The van der Waals surface area contributed by atoms with Gasteiger partial charge in [0.05, 0.1) is 16.3 Å². The van der Waals surface area contributed by atoms with Gasteiger partial charge in [-0.05, 0) is 49.5 Å². The average Bonchev–Trinajstić information content (AvgIpc) is 3.16. The van der Waals surface area contributed by atoms with E-state index in [1.807, 2.05) is 6.07 Å². The van der Waals surface area contributed by atoms with Crippen LogP contribution in [0.1, 0.15) is 31.1 Å². The molecule has 10 heteroatoms. The van der Waals surface area contributed by atoms with Crippen molar-refractivity contribution in [3.05, 3.63) is 95.5 Å². The number of nitrogens with one attached hydrogen (secondary N) is 4. The van der Waals surface area contributed by atoms with E-state index in [0.29, 0.717) is 11.4 Å². The van der Waals surface area contributed by atoms with E-state index >= 15 is 0 Å². The van der Waals surface area contributed by atoms with Gasteiger partial charge in [-0.2, -0.15) is 5.01 Å². The lowest BCUT2D eigenvalue weighted by Gasteiger charge is -2.31. The first-order valence-corrected chi connectivity index (χ1v) is 12.6. The molecule has 1 heterocycles. The van der Waals surface area contributed by atoms with Crippen molar-refractivity contribution in [1.82, 2.24) is 16.0 Å². The molecule has 3 aromatic rings. The molecule has 0 radical (unpaired) electrons. The quantitative estimate of drug-likeness (QED) is 0.342. The van der Waals surface area contributed by atoms with Gasteiger partial charge in [0.2, 0.25) is 5.91 Å². The summed E-state index contributed by atoms with van der Waals surface area (Å²) in [6.45, 7) is 7.67. The van der Waals surface area contributed by atoms with Crippen molar-refractivity contribution in [3.63, 3.8) is 0 Å². The molecule has 0 aliphatic carbocycles. The normalized spacial score (nSPS) is 16.2. The number of anilines is 2. The zero-order valence-corrected chi connectivity index (χ0v) is 22.3. The first-order valence-electron chi connectivity index (χ1n) is 12.2. The summed E-state index contributed by atoms with van der Waals surface area (Å²) >= 11 is 6.18. The van der Waals surface area contributed by atoms with Gasteiger partial charge >= 0.3 is 5.91 Å². The Bertz CT molecular complexity index is 1280. The highest BCUT2D eigenvalue weighted by Crippen LogP contribution is 2.28. The second-order valence-electron chi connectivity index (χ2n) is 8.21. The molecule has 1 aliphatic heterocycles. The second-order valence-corrected chi connectivity index (χ2v) is 8.62. The van der Waals surface area contributed by atoms with Gasteiger partial charge in [-0.1, -0.05) is 74.0 Å². The molecule has 0 fully saturated rings. The lowest BCUT2D eigenvalue weighted by Crippen LogP contribution is -2.67. The van der Waals surface area contributed by atoms with Crippen LogP contribution in [-0.2, 0) is 9.59 Å². The highest BCUT2D eigenvalue weighted by Gasteiger charge is 2.54. The zero-order chi connectivity index (χ0) is 27.5. The fraction of sp³-hybridized carbons (Fsp3) is 0.214. The lowest BCUT2D eigenvalue weighted by molar-refractivity contribution is -0.127. The van der Waals surface area contributed by atoms with Crippen LogP contribution in [0.4, 0.5) is 11.4 Å². The summed E-state index contributed by atoms with van der Waals surface area (Å²) in [5.74, 6) is -1.77. The molecule has 1 aliphatic rings. The van der Waals surface area contributed by atoms with Crippen molar-refractivity contribution in [2.75, 3.05) is 23.4 Å². The van der Waals surface area contributed by atoms with Crippen LogP contribution in [0.2, 0.25) is 5.02 Å². The van der Waals surface area contributed by atoms with Crippen molar-refractivity contribution in [1.29, 1.82) is 0 Å². The minimum absolute atomic E-state index is 0.0969. The minimum atomic E-state index is -1.86. The van der Waals surface area contributed by atoms with Crippen LogP contribution in [0.15, 0.2) is 90.0 Å². The van der Waals surface area contributed by atoms with E-state index < -0.39 is 23.4 Å². The van der Waals surface area contributed by atoms with Crippen LogP contribution in [-0.4, -0.2) is 42.3 Å². The zero-order valence-electron chi connectivity index (χ0n) is 21.5. The standard InChI is InChI=1S/C24H20ClN5O3.C4H11N/c1-16(31)27-24(28-17-10-4-2-5-11-17)22(26-21(32)19-14-8-9-15-20(19)25)29-30(23(24)33)18-12-6-3-7-13-18;1-3-5-4-2/h2-15,28H,1H3,(H,27,31)(H,26,29,32);5H,3-4H2,1-2H3. The van der Waals surface area contributed by atoms with Gasteiger partial charge in [0.15, 0.2) is 5.84 Å². The molecule has 0 bridgehead atoms. The Morgan fingerprint density at radius 1 is 0.895 bits per heavy atom. The molecule has 0 saturated heterocycles. The van der Waals surface area contributed by atoms with Crippen molar-refractivity contribution >= 4 is 46.5 Å². The molecule has 38 heavy (non-hydrogen) atoms. The maximum Gasteiger partial charge on any atom is 0.302 e. The molecule has 3 amide bonds. The van der Waals surface area contributed by atoms with Gasteiger partial charge in [-0.15, -0.1) is 5.10 Å². The van der Waals surface area contributed by atoms with Gasteiger partial charge in [0, 0.05) is 12.6 Å². The summed E-state index contributed by atoms with van der Waals surface area (Å²) in [6.07, 6.45) is 0. The maximum absolute atomic E-state index is 13.7. The largest absolute Gasteiger partial charge is 0.348 e. The van der Waals surface area contributed by atoms with E-state index in [0.717, 1.165) is 18.1 Å². The molecule has 1 unspecified atom stereocenters. The monoisotopic (exact) mass is 534 g/mol. The molecule has 0 aromatic heterocycles. The third kappa shape index (κ3) is 6.76. The molecule has 0 saturated carbocycles. The number of rotatable bonds is 7. The van der Waals surface area contributed by atoms with Crippen LogP contribution in [0, 0.1) is 0 Å². The highest BCUT2D eigenvalue weighted by molar-refractivity contribution is 6.35. The maximum atomic E-state index is 13.7. The van der Waals surface area contributed by atoms with E-state index in [1.165, 1.54) is 6.92 Å². The number of nitrogens with zero attached hydrogens (tertiary/aromatic N) is 2. The number of hydrogen-bond acceptors (Lipinski definition) is 6. The molecule has 198 valence electrons. The summed E-state index contributed by atoms with van der Waals surface area (Å²) in [5, 5.41) is 17.2. The molecule has 9 nitrogen and oxygen atoms in total. The number of carbonyl (C=O) groups is 3. The molecule has 4 rings (SSSR count). The van der Waals surface area contributed by atoms with E-state index in [9.17, 15) is 14.4 Å². The van der Waals surface area contributed by atoms with Gasteiger partial charge in [-0.3, -0.25) is 14.4 Å². The summed E-state index contributed by atoms with van der Waals surface area (Å²) < 4.78 is 0. The van der Waals surface area contributed by atoms with Crippen LogP contribution in [0.5, 0.6) is 0 Å². The number of benzene rings is 3. The average molecular weight is 535 g/mol. The highest BCUT2D eigenvalue weighted by atomic mass is 35.5. The van der Waals surface area contributed by atoms with Gasteiger partial charge in [0.1, 0.15) is 0 Å². The number of amidine groups is 1. The Kier molecular flexibility index (Phi) is 9.98. The molecular formula is C28H31ClN6O3. The first-order chi connectivity index (χ1) is 18.3. The number of amides is 3. The Morgan fingerprint density at radius 2 is 1.47 bits per heavy atom. The number of para-hydroxylation sites is 2. The van der Waals surface area contributed by atoms with Gasteiger partial charge < -0.3 is 21.3 Å². The fourth-order valence-electron chi connectivity index (χ4n) is 3.67. The number of carbonyl (C=O) groups excluding carboxylic acids is 3. The van der Waals surface area contributed by atoms with Gasteiger partial charge in [0.25, 0.3) is 11.6 Å². The third-order valence-corrected chi connectivity index (χ3v) is 5.72. The van der Waals surface area contributed by atoms with Crippen LogP contribution in [0.25, 0.3) is 0 Å². The molecule has 0 spiro atoms. The molecular weight excluding hydrogens is 504 g/mol. The van der Waals surface area contributed by atoms with Gasteiger partial charge in [-0.25, -0.2) is 0 Å². The van der Waals surface area contributed by atoms with Crippen LogP contribution in [0.3, 0.4) is 0 Å². The predicted molar refractivity (Wildman–Crippen MR) is 151 cm³/mol. The predicted octanol–water partition coefficient (Wildman–Crippen LogP) is 3.99. The number of hydrazone groups is 1. The smallest absolute Gasteiger partial charge is 0.302 e. The second kappa shape index (κ2) is 13.4. The fourth-order valence-corrected chi connectivity index (χ4v) is 3.89. The van der Waals surface area contributed by atoms with Crippen molar-refractivity contribution in [3.8, 4) is 0 Å². The summed E-state index contributed by atoms with van der Waals surface area (Å²) in [5.41, 5.74) is -0.660. The van der Waals surface area contributed by atoms with Crippen molar-refractivity contribution < 1.29 is 14.4 Å². The minimum Gasteiger partial charge on any atom is -0.348 e. The Hall–Kier alpha value is -4.21. The van der Waals surface area contributed by atoms with E-state index in [2.05, 4.69) is 40.2 Å². The molecule has 4 N–H and O–H groups in total. The lowest BCUT2D eigenvalue weighted by atomic mass is 10.1. The number of halogens is 1. The van der Waals surface area contributed by atoms with E-state index in [-0.39, 0.29) is 16.4 Å². The molecule has 1 atom stereocenters. The van der Waals surface area contributed by atoms with Crippen molar-refractivity contribution in [2.24, 2.45) is 5.10 Å².